The van der Waals surface area contributed by atoms with E-state index in [1.165, 1.54) is 18.2 Å². The van der Waals surface area contributed by atoms with Crippen molar-refractivity contribution in [2.24, 2.45) is 0 Å². The first-order valence-electron chi connectivity index (χ1n) is 6.80. The highest BCUT2D eigenvalue weighted by Gasteiger charge is 2.10. The van der Waals surface area contributed by atoms with Gasteiger partial charge in [0.2, 0.25) is 0 Å². The van der Waals surface area contributed by atoms with Crippen LogP contribution < -0.4 is 5.32 Å². The first-order chi connectivity index (χ1) is 10.5. The molecule has 0 aromatic heterocycles. The van der Waals surface area contributed by atoms with Crippen LogP contribution in [0.1, 0.15) is 11.1 Å². The van der Waals surface area contributed by atoms with Gasteiger partial charge in [-0.15, -0.1) is 0 Å². The largest absolute Gasteiger partial charge is 0.455 e. The summed E-state index contributed by atoms with van der Waals surface area (Å²) in [6.45, 7) is 1.48. The van der Waals surface area contributed by atoms with Crippen LogP contribution in [0.2, 0.25) is 0 Å². The van der Waals surface area contributed by atoms with Crippen LogP contribution >= 0.6 is 0 Å². The lowest BCUT2D eigenvalue weighted by Crippen LogP contribution is -2.22. The van der Waals surface area contributed by atoms with Crippen molar-refractivity contribution in [3.8, 4) is 0 Å². The molecule has 0 radical (unpaired) electrons. The first-order valence-corrected chi connectivity index (χ1v) is 6.80. The Balaban J connectivity index is 1.81. The molecule has 2 aromatic rings. The van der Waals surface area contributed by atoms with E-state index in [-0.39, 0.29) is 12.1 Å². The van der Waals surface area contributed by atoms with Gasteiger partial charge in [0.1, 0.15) is 5.82 Å². The maximum absolute atomic E-state index is 13.4. The molecule has 0 aliphatic carbocycles. The minimum Gasteiger partial charge on any atom is -0.455 e. The van der Waals surface area contributed by atoms with Crippen LogP contribution in [0.4, 0.5) is 10.1 Å². The first kappa shape index (κ1) is 15.7. The summed E-state index contributed by atoms with van der Waals surface area (Å²) >= 11 is 0. The van der Waals surface area contributed by atoms with E-state index in [0.29, 0.717) is 0 Å². The Morgan fingerprint density at radius 3 is 2.64 bits per heavy atom. The van der Waals surface area contributed by atoms with Crippen LogP contribution in [0, 0.1) is 12.7 Å². The molecule has 114 valence electrons. The Morgan fingerprint density at radius 1 is 1.14 bits per heavy atom. The van der Waals surface area contributed by atoms with Crippen LogP contribution in [0.5, 0.6) is 0 Å². The fourth-order valence-electron chi connectivity index (χ4n) is 1.93. The van der Waals surface area contributed by atoms with E-state index in [1.807, 2.05) is 31.2 Å². The predicted molar refractivity (Wildman–Crippen MR) is 80.9 cm³/mol. The van der Waals surface area contributed by atoms with Gasteiger partial charge >= 0.3 is 5.97 Å². The molecule has 0 aliphatic rings. The SMILES string of the molecule is Cc1cccc(CC(=O)OCC(=O)Nc2ccccc2F)c1. The summed E-state index contributed by atoms with van der Waals surface area (Å²) in [6.07, 6.45) is 0.0919. The van der Waals surface area contributed by atoms with Crippen molar-refractivity contribution in [2.75, 3.05) is 11.9 Å². The highest BCUT2D eigenvalue weighted by Crippen LogP contribution is 2.12. The molecule has 0 saturated carbocycles. The third-order valence-corrected chi connectivity index (χ3v) is 2.94. The summed E-state index contributed by atoms with van der Waals surface area (Å²) in [5, 5.41) is 2.35. The standard InChI is InChI=1S/C17H16FNO3/c1-12-5-4-6-13(9-12)10-17(21)22-11-16(20)19-15-8-3-2-7-14(15)18/h2-9H,10-11H2,1H3,(H,19,20). The zero-order valence-electron chi connectivity index (χ0n) is 12.1. The van der Waals surface area contributed by atoms with Gasteiger partial charge in [-0.3, -0.25) is 9.59 Å². The number of nitrogens with one attached hydrogen (secondary N) is 1. The molecule has 5 heteroatoms. The monoisotopic (exact) mass is 301 g/mol. The van der Waals surface area contributed by atoms with Gasteiger partial charge in [-0.2, -0.15) is 0 Å². The van der Waals surface area contributed by atoms with E-state index in [9.17, 15) is 14.0 Å². The van der Waals surface area contributed by atoms with E-state index >= 15 is 0 Å². The zero-order chi connectivity index (χ0) is 15.9. The highest BCUT2D eigenvalue weighted by molar-refractivity contribution is 5.93. The average Bonchev–Trinajstić information content (AvgIpc) is 2.48. The highest BCUT2D eigenvalue weighted by atomic mass is 19.1. The van der Waals surface area contributed by atoms with Crippen LogP contribution in [0.25, 0.3) is 0 Å². The second-order valence-corrected chi connectivity index (χ2v) is 4.85. The molecule has 4 nitrogen and oxygen atoms in total. The molecule has 2 aromatic carbocycles. The lowest BCUT2D eigenvalue weighted by atomic mass is 10.1. The minimum atomic E-state index is -0.581. The Kier molecular flexibility index (Phi) is 5.25. The molecule has 0 unspecified atom stereocenters. The molecule has 2 rings (SSSR count). The molecule has 0 spiro atoms. The van der Waals surface area contributed by atoms with Crippen molar-refractivity contribution in [1.29, 1.82) is 0 Å². The van der Waals surface area contributed by atoms with Gasteiger partial charge in [0, 0.05) is 0 Å². The number of benzene rings is 2. The van der Waals surface area contributed by atoms with E-state index in [1.54, 1.807) is 6.07 Å². The average molecular weight is 301 g/mol. The van der Waals surface area contributed by atoms with Gasteiger partial charge in [0.15, 0.2) is 6.61 Å². The van der Waals surface area contributed by atoms with Crippen molar-refractivity contribution in [3.63, 3.8) is 0 Å². The topological polar surface area (TPSA) is 55.4 Å². The summed E-state index contributed by atoms with van der Waals surface area (Å²) in [6, 6.07) is 13.3. The van der Waals surface area contributed by atoms with Gasteiger partial charge < -0.3 is 10.1 Å². The van der Waals surface area contributed by atoms with Gasteiger partial charge in [0.25, 0.3) is 5.91 Å². The van der Waals surface area contributed by atoms with Gasteiger partial charge in [-0.25, -0.2) is 4.39 Å². The van der Waals surface area contributed by atoms with Gasteiger partial charge in [-0.1, -0.05) is 42.0 Å². The Labute approximate surface area is 127 Å². The summed E-state index contributed by atoms with van der Waals surface area (Å²) in [5.74, 6) is -1.63. The van der Waals surface area contributed by atoms with Crippen molar-refractivity contribution >= 4 is 17.6 Å². The smallest absolute Gasteiger partial charge is 0.310 e. The van der Waals surface area contributed by atoms with Crippen molar-refractivity contribution in [2.45, 2.75) is 13.3 Å². The van der Waals surface area contributed by atoms with E-state index in [4.69, 9.17) is 4.74 Å². The Bertz CT molecular complexity index is 685. The Hall–Kier alpha value is -2.69. The van der Waals surface area contributed by atoms with E-state index < -0.39 is 24.3 Å². The number of amides is 1. The van der Waals surface area contributed by atoms with Crippen LogP contribution in [-0.4, -0.2) is 18.5 Å². The minimum absolute atomic E-state index is 0.0576. The normalized spacial score (nSPS) is 10.1. The molecule has 1 amide bonds. The quantitative estimate of drug-likeness (QED) is 0.864. The molecular formula is C17H16FNO3. The second-order valence-electron chi connectivity index (χ2n) is 4.85. The fourth-order valence-corrected chi connectivity index (χ4v) is 1.93. The molecular weight excluding hydrogens is 285 g/mol. The molecule has 0 aliphatic heterocycles. The van der Waals surface area contributed by atoms with Gasteiger partial charge in [-0.05, 0) is 24.6 Å². The van der Waals surface area contributed by atoms with E-state index in [0.717, 1.165) is 11.1 Å². The molecule has 0 bridgehead atoms. The maximum atomic E-state index is 13.4. The lowest BCUT2D eigenvalue weighted by molar-refractivity contribution is -0.146. The Morgan fingerprint density at radius 2 is 1.91 bits per heavy atom. The number of carbonyl (C=O) groups is 2. The molecule has 0 saturated heterocycles. The molecule has 1 N–H and O–H groups in total. The summed E-state index contributed by atoms with van der Waals surface area (Å²) in [4.78, 5) is 23.3. The lowest BCUT2D eigenvalue weighted by Gasteiger charge is -2.07. The number of esters is 1. The number of aryl methyl sites for hydroxylation is 1. The molecule has 0 heterocycles. The number of anilines is 1. The number of para-hydroxylation sites is 1. The van der Waals surface area contributed by atoms with Gasteiger partial charge in [0.05, 0.1) is 12.1 Å². The van der Waals surface area contributed by atoms with E-state index in [2.05, 4.69) is 5.32 Å². The third-order valence-electron chi connectivity index (χ3n) is 2.94. The predicted octanol–water partition coefficient (Wildman–Crippen LogP) is 2.86. The number of hydrogen-bond donors (Lipinski definition) is 1. The summed E-state index contributed by atoms with van der Waals surface area (Å²) in [7, 11) is 0. The van der Waals surface area contributed by atoms with Crippen LogP contribution in [0.3, 0.4) is 0 Å². The maximum Gasteiger partial charge on any atom is 0.310 e. The molecule has 0 fully saturated rings. The number of carbonyl (C=O) groups excluding carboxylic acids is 2. The molecule has 22 heavy (non-hydrogen) atoms. The van der Waals surface area contributed by atoms with Crippen LogP contribution in [0.15, 0.2) is 48.5 Å². The number of halogens is 1. The molecule has 0 atom stereocenters. The van der Waals surface area contributed by atoms with Crippen molar-refractivity contribution in [1.82, 2.24) is 0 Å². The number of hydrogen-bond acceptors (Lipinski definition) is 3. The number of rotatable bonds is 5. The van der Waals surface area contributed by atoms with Crippen LogP contribution in [-0.2, 0) is 20.7 Å². The van der Waals surface area contributed by atoms with Crippen molar-refractivity contribution in [3.05, 3.63) is 65.5 Å². The third kappa shape index (κ3) is 4.70. The number of ether oxygens (including phenoxy) is 1. The summed E-state index contributed by atoms with van der Waals surface area (Å²) < 4.78 is 18.2. The second kappa shape index (κ2) is 7.36. The fraction of sp³-hybridized carbons (Fsp3) is 0.176. The summed E-state index contributed by atoms with van der Waals surface area (Å²) in [5.41, 5.74) is 1.92. The zero-order valence-corrected chi connectivity index (χ0v) is 12.1. The van der Waals surface area contributed by atoms with Crippen molar-refractivity contribution < 1.29 is 18.7 Å².